The first-order valence-electron chi connectivity index (χ1n) is 4.16. The lowest BCUT2D eigenvalue weighted by atomic mass is 9.74. The lowest BCUT2D eigenvalue weighted by Gasteiger charge is -2.46. The summed E-state index contributed by atoms with van der Waals surface area (Å²) >= 11 is 0. The zero-order chi connectivity index (χ0) is 8.48. The minimum atomic E-state index is 0.0775. The lowest BCUT2D eigenvalue weighted by molar-refractivity contribution is -0.127. The molecule has 0 bridgehead atoms. The van der Waals surface area contributed by atoms with Crippen molar-refractivity contribution in [1.82, 2.24) is 0 Å². The molecule has 1 aliphatic heterocycles. The van der Waals surface area contributed by atoms with Crippen molar-refractivity contribution in [2.45, 2.75) is 19.9 Å². The van der Waals surface area contributed by atoms with Crippen molar-refractivity contribution in [2.75, 3.05) is 19.8 Å². The highest BCUT2D eigenvalue weighted by molar-refractivity contribution is 4.96. The van der Waals surface area contributed by atoms with E-state index in [1.165, 1.54) is 0 Å². The maximum atomic E-state index is 6.01. The monoisotopic (exact) mass is 158 g/mol. The first kappa shape index (κ1) is 8.97. The minimum absolute atomic E-state index is 0.0775. The van der Waals surface area contributed by atoms with E-state index in [2.05, 4.69) is 13.8 Å². The third-order valence-electron chi connectivity index (χ3n) is 2.61. The Morgan fingerprint density at radius 3 is 2.09 bits per heavy atom. The molecule has 0 spiro atoms. The summed E-state index contributed by atoms with van der Waals surface area (Å²) in [6.07, 6.45) is 0. The van der Waals surface area contributed by atoms with Crippen molar-refractivity contribution in [1.29, 1.82) is 0 Å². The van der Waals surface area contributed by atoms with E-state index in [9.17, 15) is 0 Å². The summed E-state index contributed by atoms with van der Waals surface area (Å²) in [6, 6.07) is 0.182. The van der Waals surface area contributed by atoms with Gasteiger partial charge in [-0.1, -0.05) is 13.8 Å². The Hall–Kier alpha value is -0.120. The Morgan fingerprint density at radius 2 is 2.00 bits per heavy atom. The minimum Gasteiger partial charge on any atom is -0.380 e. The predicted molar refractivity (Wildman–Crippen MR) is 45.1 cm³/mol. The van der Waals surface area contributed by atoms with Crippen molar-refractivity contribution < 1.29 is 4.74 Å². The second-order valence-electron chi connectivity index (χ2n) is 3.83. The van der Waals surface area contributed by atoms with Gasteiger partial charge in [-0.05, 0) is 5.92 Å². The van der Waals surface area contributed by atoms with Crippen LogP contribution in [0.5, 0.6) is 0 Å². The maximum Gasteiger partial charge on any atom is 0.0572 e. The molecule has 1 aliphatic rings. The molecule has 0 aromatic rings. The van der Waals surface area contributed by atoms with Gasteiger partial charge in [0.05, 0.1) is 13.2 Å². The summed E-state index contributed by atoms with van der Waals surface area (Å²) in [5.74, 6) is 0.488. The molecule has 0 saturated carbocycles. The zero-order valence-corrected chi connectivity index (χ0v) is 7.34. The molecule has 66 valence electrons. The van der Waals surface area contributed by atoms with Crippen molar-refractivity contribution in [3.63, 3.8) is 0 Å². The predicted octanol–water partition coefficient (Wildman–Crippen LogP) is -0.0550. The SMILES string of the molecule is CC(C)C(N)C1(CN)COC1. The molecule has 1 unspecified atom stereocenters. The third kappa shape index (κ3) is 1.41. The van der Waals surface area contributed by atoms with Crippen LogP contribution in [-0.2, 0) is 4.74 Å². The van der Waals surface area contributed by atoms with E-state index in [1.54, 1.807) is 0 Å². The van der Waals surface area contributed by atoms with E-state index < -0.39 is 0 Å². The first-order valence-corrected chi connectivity index (χ1v) is 4.16. The second kappa shape index (κ2) is 3.09. The van der Waals surface area contributed by atoms with E-state index in [0.717, 1.165) is 13.2 Å². The van der Waals surface area contributed by atoms with Crippen molar-refractivity contribution in [2.24, 2.45) is 22.8 Å². The van der Waals surface area contributed by atoms with Crippen molar-refractivity contribution in [3.8, 4) is 0 Å². The Bertz CT molecular complexity index is 127. The summed E-state index contributed by atoms with van der Waals surface area (Å²) in [7, 11) is 0. The highest BCUT2D eigenvalue weighted by atomic mass is 16.5. The van der Waals surface area contributed by atoms with Gasteiger partial charge in [0.25, 0.3) is 0 Å². The Kier molecular flexibility index (Phi) is 2.52. The van der Waals surface area contributed by atoms with E-state index in [-0.39, 0.29) is 11.5 Å². The van der Waals surface area contributed by atoms with Crippen LogP contribution in [0.4, 0.5) is 0 Å². The molecule has 11 heavy (non-hydrogen) atoms. The fourth-order valence-corrected chi connectivity index (χ4v) is 1.52. The smallest absolute Gasteiger partial charge is 0.0572 e. The summed E-state index contributed by atoms with van der Waals surface area (Å²) in [4.78, 5) is 0. The number of nitrogens with two attached hydrogens (primary N) is 2. The third-order valence-corrected chi connectivity index (χ3v) is 2.61. The van der Waals surface area contributed by atoms with Gasteiger partial charge in [0, 0.05) is 18.0 Å². The van der Waals surface area contributed by atoms with E-state index in [4.69, 9.17) is 16.2 Å². The molecule has 0 aromatic heterocycles. The van der Waals surface area contributed by atoms with Gasteiger partial charge in [0.15, 0.2) is 0 Å². The molecule has 0 aliphatic carbocycles. The molecule has 3 heteroatoms. The Labute approximate surface area is 68.1 Å². The molecule has 0 aromatic carbocycles. The van der Waals surface area contributed by atoms with Gasteiger partial charge in [0.2, 0.25) is 0 Å². The van der Waals surface area contributed by atoms with Crippen LogP contribution in [0.1, 0.15) is 13.8 Å². The van der Waals surface area contributed by atoms with E-state index >= 15 is 0 Å². The van der Waals surface area contributed by atoms with Crippen LogP contribution in [0.2, 0.25) is 0 Å². The second-order valence-corrected chi connectivity index (χ2v) is 3.83. The molecule has 0 radical (unpaired) electrons. The number of hydrogen-bond donors (Lipinski definition) is 2. The highest BCUT2D eigenvalue weighted by Crippen LogP contribution is 2.32. The number of ether oxygens (including phenoxy) is 1. The van der Waals surface area contributed by atoms with Crippen LogP contribution in [0.25, 0.3) is 0 Å². The average molecular weight is 158 g/mol. The van der Waals surface area contributed by atoms with Crippen LogP contribution < -0.4 is 11.5 Å². The van der Waals surface area contributed by atoms with E-state index in [1.807, 2.05) is 0 Å². The van der Waals surface area contributed by atoms with Gasteiger partial charge < -0.3 is 16.2 Å². The molecule has 1 fully saturated rings. The summed E-state index contributed by atoms with van der Waals surface area (Å²) in [6.45, 7) is 6.37. The molecule has 3 nitrogen and oxygen atoms in total. The van der Waals surface area contributed by atoms with E-state index in [0.29, 0.717) is 12.5 Å². The van der Waals surface area contributed by atoms with Crippen LogP contribution in [0, 0.1) is 11.3 Å². The van der Waals surface area contributed by atoms with Gasteiger partial charge in [-0.25, -0.2) is 0 Å². The number of rotatable bonds is 3. The standard InChI is InChI=1S/C8H18N2O/c1-6(2)7(10)8(3-9)4-11-5-8/h6-7H,3-5,9-10H2,1-2H3. The number of hydrogen-bond acceptors (Lipinski definition) is 3. The molecule has 1 heterocycles. The van der Waals surface area contributed by atoms with Crippen LogP contribution in [0.15, 0.2) is 0 Å². The average Bonchev–Trinajstić information content (AvgIpc) is 1.86. The fourth-order valence-electron chi connectivity index (χ4n) is 1.52. The van der Waals surface area contributed by atoms with Gasteiger partial charge in [0.1, 0.15) is 0 Å². The van der Waals surface area contributed by atoms with Crippen molar-refractivity contribution in [3.05, 3.63) is 0 Å². The Morgan fingerprint density at radius 1 is 1.45 bits per heavy atom. The van der Waals surface area contributed by atoms with Gasteiger partial charge in [-0.3, -0.25) is 0 Å². The van der Waals surface area contributed by atoms with Crippen LogP contribution in [-0.4, -0.2) is 25.8 Å². The largest absolute Gasteiger partial charge is 0.380 e. The lowest BCUT2D eigenvalue weighted by Crippen LogP contribution is -2.61. The topological polar surface area (TPSA) is 61.3 Å². The molecule has 4 N–H and O–H groups in total. The molecular formula is C8H18N2O. The first-order chi connectivity index (χ1) is 5.12. The van der Waals surface area contributed by atoms with Crippen molar-refractivity contribution >= 4 is 0 Å². The quantitative estimate of drug-likeness (QED) is 0.605. The normalized spacial score (nSPS) is 24.8. The Balaban J connectivity index is 2.54. The van der Waals surface area contributed by atoms with Crippen LogP contribution in [0.3, 0.4) is 0 Å². The molecule has 1 saturated heterocycles. The fraction of sp³-hybridized carbons (Fsp3) is 1.00. The summed E-state index contributed by atoms with van der Waals surface area (Å²) in [5, 5.41) is 0. The molecule has 0 amide bonds. The van der Waals surface area contributed by atoms with Gasteiger partial charge >= 0.3 is 0 Å². The highest BCUT2D eigenvalue weighted by Gasteiger charge is 2.43. The zero-order valence-electron chi connectivity index (χ0n) is 7.34. The molecular weight excluding hydrogens is 140 g/mol. The molecule has 1 atom stereocenters. The molecule has 1 rings (SSSR count). The van der Waals surface area contributed by atoms with Gasteiger partial charge in [-0.15, -0.1) is 0 Å². The van der Waals surface area contributed by atoms with Crippen LogP contribution >= 0.6 is 0 Å². The maximum absolute atomic E-state index is 6.01. The summed E-state index contributed by atoms with van der Waals surface area (Å²) < 4.78 is 5.14. The van der Waals surface area contributed by atoms with Gasteiger partial charge in [-0.2, -0.15) is 0 Å². The summed E-state index contributed by atoms with van der Waals surface area (Å²) in [5.41, 5.74) is 11.7.